The molecule has 3 heterocycles. The first-order valence-corrected chi connectivity index (χ1v) is 8.66. The van der Waals surface area contributed by atoms with Gasteiger partial charge in [-0.1, -0.05) is 18.2 Å². The summed E-state index contributed by atoms with van der Waals surface area (Å²) >= 11 is 1.13. The van der Waals surface area contributed by atoms with Crippen molar-refractivity contribution < 1.29 is 14.4 Å². The highest BCUT2D eigenvalue weighted by molar-refractivity contribution is 7.18. The molecule has 2 aromatic rings. The van der Waals surface area contributed by atoms with E-state index in [1.165, 1.54) is 0 Å². The third-order valence-electron chi connectivity index (χ3n) is 4.74. The molecule has 2 aliphatic rings. The van der Waals surface area contributed by atoms with Crippen molar-refractivity contribution in [1.82, 2.24) is 5.32 Å². The Hall–Kier alpha value is -2.71. The van der Waals surface area contributed by atoms with Gasteiger partial charge < -0.3 is 21.7 Å². The molecule has 8 heteroatoms. The average Bonchev–Trinajstić information content (AvgIpc) is 3.28. The van der Waals surface area contributed by atoms with Crippen LogP contribution in [0.5, 0.6) is 0 Å². The van der Waals surface area contributed by atoms with E-state index in [4.69, 9.17) is 5.73 Å². The molecular weight excluding hydrogens is 340 g/mol. The van der Waals surface area contributed by atoms with Crippen molar-refractivity contribution in [1.29, 1.82) is 0 Å². The number of nitrogens with one attached hydrogen (secondary N) is 3. The van der Waals surface area contributed by atoms with Crippen LogP contribution in [0.4, 0.5) is 10.7 Å². The summed E-state index contributed by atoms with van der Waals surface area (Å²) in [5.41, 5.74) is 6.24. The lowest BCUT2D eigenvalue weighted by Crippen LogP contribution is -2.36. The van der Waals surface area contributed by atoms with Crippen LogP contribution < -0.4 is 21.7 Å². The Morgan fingerprint density at radius 2 is 2.04 bits per heavy atom. The van der Waals surface area contributed by atoms with Gasteiger partial charge in [-0.3, -0.25) is 14.4 Å². The van der Waals surface area contributed by atoms with Crippen LogP contribution in [0, 0.1) is 0 Å². The number of para-hydroxylation sites is 1. The van der Waals surface area contributed by atoms with Gasteiger partial charge in [0.2, 0.25) is 11.8 Å². The molecule has 2 atom stereocenters. The first-order chi connectivity index (χ1) is 12.0. The third-order valence-corrected chi connectivity index (χ3v) is 5.76. The largest absolute Gasteiger partial charge is 0.365 e. The zero-order valence-electron chi connectivity index (χ0n) is 13.2. The van der Waals surface area contributed by atoms with Crippen molar-refractivity contribution in [3.8, 4) is 0 Å². The van der Waals surface area contributed by atoms with Crippen LogP contribution in [0.15, 0.2) is 36.4 Å². The van der Waals surface area contributed by atoms with Crippen molar-refractivity contribution in [3.63, 3.8) is 0 Å². The Labute approximate surface area is 147 Å². The second-order valence-corrected chi connectivity index (χ2v) is 7.32. The summed E-state index contributed by atoms with van der Waals surface area (Å²) in [4.78, 5) is 36.6. The summed E-state index contributed by atoms with van der Waals surface area (Å²) in [5.74, 6) is -0.835. The Kier molecular flexibility index (Phi) is 3.59. The zero-order valence-corrected chi connectivity index (χ0v) is 14.0. The van der Waals surface area contributed by atoms with E-state index in [1.54, 1.807) is 12.1 Å². The summed E-state index contributed by atoms with van der Waals surface area (Å²) in [6, 6.07) is 10.3. The second-order valence-electron chi connectivity index (χ2n) is 6.24. The molecule has 1 fully saturated rings. The molecular formula is C17H16N4O3S. The number of anilines is 2. The number of carbonyl (C=O) groups is 3. The van der Waals surface area contributed by atoms with E-state index in [9.17, 15) is 14.4 Å². The number of hydrogen-bond acceptors (Lipinski definition) is 5. The highest BCUT2D eigenvalue weighted by atomic mass is 32.1. The monoisotopic (exact) mass is 356 g/mol. The van der Waals surface area contributed by atoms with Crippen LogP contribution in [0.3, 0.4) is 0 Å². The molecule has 2 aliphatic heterocycles. The first-order valence-electron chi connectivity index (χ1n) is 7.84. The van der Waals surface area contributed by atoms with Gasteiger partial charge in [0.1, 0.15) is 0 Å². The minimum atomic E-state index is -0.716. The molecule has 1 spiro atoms. The van der Waals surface area contributed by atoms with Crippen molar-refractivity contribution in [3.05, 3.63) is 46.8 Å². The maximum Gasteiger partial charge on any atom is 0.258 e. The molecule has 4 rings (SSSR count). The highest BCUT2D eigenvalue weighted by Crippen LogP contribution is 2.43. The molecule has 1 aromatic carbocycles. The Morgan fingerprint density at radius 1 is 1.24 bits per heavy atom. The molecule has 3 amide bonds. The summed E-state index contributed by atoms with van der Waals surface area (Å²) in [6.45, 7) is 0.408. The molecule has 25 heavy (non-hydrogen) atoms. The van der Waals surface area contributed by atoms with E-state index in [-0.39, 0.29) is 11.8 Å². The molecule has 0 radical (unpaired) electrons. The van der Waals surface area contributed by atoms with E-state index in [1.807, 2.05) is 24.3 Å². The van der Waals surface area contributed by atoms with E-state index in [0.29, 0.717) is 22.8 Å². The van der Waals surface area contributed by atoms with Gasteiger partial charge in [0.25, 0.3) is 5.91 Å². The standard InChI is InChI=1S/C17H16N4O3S/c18-14(22)12-5-6-13(25-12)21-15(23)11-7-17(8-19-11)9-3-1-2-4-10(9)20-16(17)24/h1-6,11,19H,7-8H2,(H2,18,22)(H,20,24)(H,21,23). The lowest BCUT2D eigenvalue weighted by Gasteiger charge is -2.20. The van der Waals surface area contributed by atoms with E-state index < -0.39 is 17.4 Å². The average molecular weight is 356 g/mol. The molecule has 128 valence electrons. The molecule has 0 saturated carbocycles. The molecule has 1 aromatic heterocycles. The second kappa shape index (κ2) is 5.68. The normalized spacial score (nSPS) is 24.2. The number of hydrogen-bond donors (Lipinski definition) is 4. The van der Waals surface area contributed by atoms with Crippen molar-refractivity contribution in [2.75, 3.05) is 17.2 Å². The Bertz CT molecular complexity index is 894. The number of thiophene rings is 1. The smallest absolute Gasteiger partial charge is 0.258 e. The van der Waals surface area contributed by atoms with E-state index >= 15 is 0 Å². The van der Waals surface area contributed by atoms with Crippen LogP contribution in [-0.2, 0) is 15.0 Å². The number of nitrogens with two attached hydrogens (primary N) is 1. The molecule has 7 nitrogen and oxygen atoms in total. The fourth-order valence-corrected chi connectivity index (χ4v) is 4.23. The summed E-state index contributed by atoms with van der Waals surface area (Å²) in [6.07, 6.45) is 0.385. The SMILES string of the molecule is NC(=O)c1ccc(NC(=O)C2CC3(CN2)C(=O)Nc2ccccc23)s1. The predicted octanol–water partition coefficient (Wildman–Crippen LogP) is 1.04. The topological polar surface area (TPSA) is 113 Å². The zero-order chi connectivity index (χ0) is 17.6. The van der Waals surface area contributed by atoms with Crippen LogP contribution in [-0.4, -0.2) is 30.3 Å². The molecule has 2 unspecified atom stereocenters. The molecule has 0 bridgehead atoms. The van der Waals surface area contributed by atoms with E-state index in [0.717, 1.165) is 22.6 Å². The van der Waals surface area contributed by atoms with Gasteiger partial charge in [-0.15, -0.1) is 11.3 Å². The summed E-state index contributed by atoms with van der Waals surface area (Å²) in [7, 11) is 0. The number of amides is 3. The Morgan fingerprint density at radius 3 is 2.80 bits per heavy atom. The van der Waals surface area contributed by atoms with Gasteiger partial charge in [0, 0.05) is 12.2 Å². The van der Waals surface area contributed by atoms with Gasteiger partial charge in [-0.05, 0) is 30.2 Å². The minimum absolute atomic E-state index is 0.0800. The Balaban J connectivity index is 1.51. The summed E-state index contributed by atoms with van der Waals surface area (Å²) < 4.78 is 0. The number of carbonyl (C=O) groups excluding carboxylic acids is 3. The van der Waals surface area contributed by atoms with Crippen LogP contribution in [0.25, 0.3) is 0 Å². The number of benzene rings is 1. The van der Waals surface area contributed by atoms with Crippen molar-refractivity contribution in [2.24, 2.45) is 5.73 Å². The van der Waals surface area contributed by atoms with Gasteiger partial charge in [-0.25, -0.2) is 0 Å². The quantitative estimate of drug-likeness (QED) is 0.658. The lowest BCUT2D eigenvalue weighted by atomic mass is 9.79. The number of fused-ring (bicyclic) bond motifs is 2. The minimum Gasteiger partial charge on any atom is -0.365 e. The van der Waals surface area contributed by atoms with Crippen LogP contribution in [0.2, 0.25) is 0 Å². The fraction of sp³-hybridized carbons (Fsp3) is 0.235. The van der Waals surface area contributed by atoms with Gasteiger partial charge in [0.05, 0.1) is 21.3 Å². The number of rotatable bonds is 3. The third kappa shape index (κ3) is 2.50. The highest BCUT2D eigenvalue weighted by Gasteiger charge is 2.52. The fourth-order valence-electron chi connectivity index (χ4n) is 3.47. The lowest BCUT2D eigenvalue weighted by molar-refractivity contribution is -0.120. The van der Waals surface area contributed by atoms with Crippen molar-refractivity contribution in [2.45, 2.75) is 17.9 Å². The van der Waals surface area contributed by atoms with Gasteiger partial charge in [-0.2, -0.15) is 0 Å². The summed E-state index contributed by atoms with van der Waals surface area (Å²) in [5, 5.41) is 9.38. The maximum absolute atomic E-state index is 12.5. The molecule has 5 N–H and O–H groups in total. The van der Waals surface area contributed by atoms with E-state index in [2.05, 4.69) is 16.0 Å². The van der Waals surface area contributed by atoms with Gasteiger partial charge in [0.15, 0.2) is 0 Å². The molecule has 1 saturated heterocycles. The van der Waals surface area contributed by atoms with Crippen LogP contribution >= 0.6 is 11.3 Å². The van der Waals surface area contributed by atoms with Crippen molar-refractivity contribution >= 4 is 39.7 Å². The first kappa shape index (κ1) is 15.8. The maximum atomic E-state index is 12.5. The van der Waals surface area contributed by atoms with Gasteiger partial charge >= 0.3 is 0 Å². The molecule has 0 aliphatic carbocycles. The predicted molar refractivity (Wildman–Crippen MR) is 94.6 cm³/mol. The number of primary amides is 1. The van der Waals surface area contributed by atoms with Crippen LogP contribution in [0.1, 0.15) is 21.7 Å².